The maximum Gasteiger partial charge on any atom is 0.0594 e. The Morgan fingerprint density at radius 2 is 2.40 bits per heavy atom. The smallest absolute Gasteiger partial charge is 0.0594 e. The summed E-state index contributed by atoms with van der Waals surface area (Å²) in [5, 5.41) is 2.19. The Morgan fingerprint density at radius 1 is 1.47 bits per heavy atom. The van der Waals surface area contributed by atoms with Crippen LogP contribution in [0.4, 0.5) is 0 Å². The number of ether oxygens (including phenoxy) is 1. The fourth-order valence-corrected chi connectivity index (χ4v) is 2.77. The van der Waals surface area contributed by atoms with Crippen LogP contribution >= 0.6 is 11.3 Å². The van der Waals surface area contributed by atoms with Crippen LogP contribution in [0, 0.1) is 0 Å². The zero-order chi connectivity index (χ0) is 10.5. The van der Waals surface area contributed by atoms with Crippen LogP contribution in [0.5, 0.6) is 0 Å². The predicted octanol–water partition coefficient (Wildman–Crippen LogP) is 1.08. The quantitative estimate of drug-likeness (QED) is 0.764. The third kappa shape index (κ3) is 3.01. The van der Waals surface area contributed by atoms with Crippen LogP contribution in [0.25, 0.3) is 0 Å². The lowest BCUT2D eigenvalue weighted by atomic mass is 10.1. The molecule has 2 rings (SSSR count). The van der Waals surface area contributed by atoms with Crippen molar-refractivity contribution in [3.63, 3.8) is 0 Å². The standard InChI is InChI=1S/C11H18N2OS/c12-3-6-14-7-5-13-4-1-11-10(9-13)2-8-15-11/h2,8H,1,3-7,9,12H2. The van der Waals surface area contributed by atoms with Crippen molar-refractivity contribution in [2.75, 3.05) is 32.8 Å². The number of rotatable bonds is 5. The molecule has 0 aliphatic carbocycles. The minimum atomic E-state index is 0.620. The average Bonchev–Trinajstić information content (AvgIpc) is 2.71. The number of fused-ring (bicyclic) bond motifs is 1. The van der Waals surface area contributed by atoms with Crippen LogP contribution in [0.2, 0.25) is 0 Å². The van der Waals surface area contributed by atoms with Crippen LogP contribution < -0.4 is 5.73 Å². The molecular formula is C11H18N2OS. The molecule has 0 saturated heterocycles. The van der Waals surface area contributed by atoms with Crippen LogP contribution in [-0.4, -0.2) is 37.7 Å². The van der Waals surface area contributed by atoms with Crippen LogP contribution in [0.15, 0.2) is 11.4 Å². The van der Waals surface area contributed by atoms with Gasteiger partial charge in [0.15, 0.2) is 0 Å². The monoisotopic (exact) mass is 226 g/mol. The summed E-state index contributed by atoms with van der Waals surface area (Å²) < 4.78 is 5.39. The minimum Gasteiger partial charge on any atom is -0.379 e. The van der Waals surface area contributed by atoms with Crippen molar-refractivity contribution in [3.8, 4) is 0 Å². The van der Waals surface area contributed by atoms with E-state index in [4.69, 9.17) is 10.5 Å². The lowest BCUT2D eigenvalue weighted by Gasteiger charge is -2.26. The summed E-state index contributed by atoms with van der Waals surface area (Å²) in [6.45, 7) is 5.38. The average molecular weight is 226 g/mol. The fraction of sp³-hybridized carbons (Fsp3) is 0.636. The molecule has 84 valence electrons. The number of hydrogen-bond donors (Lipinski definition) is 1. The van der Waals surface area contributed by atoms with Gasteiger partial charge in [0.2, 0.25) is 0 Å². The van der Waals surface area contributed by atoms with Crippen LogP contribution in [0.3, 0.4) is 0 Å². The Kier molecular flexibility index (Phi) is 4.14. The summed E-state index contributed by atoms with van der Waals surface area (Å²) in [6.07, 6.45) is 1.20. The summed E-state index contributed by atoms with van der Waals surface area (Å²) in [4.78, 5) is 4.01. The van der Waals surface area contributed by atoms with Crippen molar-refractivity contribution in [1.29, 1.82) is 0 Å². The highest BCUT2D eigenvalue weighted by Gasteiger charge is 2.16. The van der Waals surface area contributed by atoms with E-state index in [1.807, 2.05) is 11.3 Å². The molecule has 1 aliphatic rings. The van der Waals surface area contributed by atoms with Gasteiger partial charge in [-0.3, -0.25) is 4.90 Å². The van der Waals surface area contributed by atoms with Crippen molar-refractivity contribution in [3.05, 3.63) is 21.9 Å². The van der Waals surface area contributed by atoms with Crippen molar-refractivity contribution >= 4 is 11.3 Å². The second kappa shape index (κ2) is 5.61. The molecule has 1 aromatic heterocycles. The van der Waals surface area contributed by atoms with Gasteiger partial charge in [-0.1, -0.05) is 0 Å². The molecule has 0 aromatic carbocycles. The largest absolute Gasteiger partial charge is 0.379 e. The van der Waals surface area contributed by atoms with Gasteiger partial charge in [0.05, 0.1) is 13.2 Å². The third-order valence-electron chi connectivity index (χ3n) is 2.70. The van der Waals surface area contributed by atoms with Gasteiger partial charge in [-0.2, -0.15) is 0 Å². The van der Waals surface area contributed by atoms with Gasteiger partial charge in [-0.25, -0.2) is 0 Å². The van der Waals surface area contributed by atoms with Crippen molar-refractivity contribution in [2.24, 2.45) is 5.73 Å². The van der Waals surface area contributed by atoms with Gasteiger partial charge in [-0.15, -0.1) is 11.3 Å². The Morgan fingerprint density at radius 3 is 3.27 bits per heavy atom. The fourth-order valence-electron chi connectivity index (χ4n) is 1.88. The Hall–Kier alpha value is -0.420. The maximum atomic E-state index is 5.39. The van der Waals surface area contributed by atoms with Gasteiger partial charge < -0.3 is 10.5 Å². The zero-order valence-electron chi connectivity index (χ0n) is 8.95. The molecular weight excluding hydrogens is 208 g/mol. The van der Waals surface area contributed by atoms with E-state index in [2.05, 4.69) is 16.3 Å². The Labute approximate surface area is 94.8 Å². The van der Waals surface area contributed by atoms with Gasteiger partial charge in [-0.05, 0) is 23.4 Å². The normalized spacial score (nSPS) is 16.6. The Bertz CT molecular complexity index is 301. The van der Waals surface area contributed by atoms with E-state index in [0.717, 1.165) is 19.7 Å². The summed E-state index contributed by atoms with van der Waals surface area (Å²) in [5.74, 6) is 0. The first kappa shape index (κ1) is 11.1. The summed E-state index contributed by atoms with van der Waals surface area (Å²) in [7, 11) is 0. The number of nitrogens with two attached hydrogens (primary N) is 1. The Balaban J connectivity index is 1.73. The molecule has 0 spiro atoms. The topological polar surface area (TPSA) is 38.5 Å². The number of thiophene rings is 1. The molecule has 0 saturated carbocycles. The van der Waals surface area contributed by atoms with Crippen molar-refractivity contribution in [1.82, 2.24) is 4.90 Å². The van der Waals surface area contributed by atoms with Crippen molar-refractivity contribution < 1.29 is 4.74 Å². The maximum absolute atomic E-state index is 5.39. The van der Waals surface area contributed by atoms with Gasteiger partial charge in [0.25, 0.3) is 0 Å². The zero-order valence-corrected chi connectivity index (χ0v) is 9.76. The summed E-state index contributed by atoms with van der Waals surface area (Å²) >= 11 is 1.88. The molecule has 4 heteroatoms. The molecule has 0 amide bonds. The first-order valence-electron chi connectivity index (χ1n) is 5.45. The van der Waals surface area contributed by atoms with Gasteiger partial charge in [0.1, 0.15) is 0 Å². The van der Waals surface area contributed by atoms with Crippen LogP contribution in [0.1, 0.15) is 10.4 Å². The molecule has 0 bridgehead atoms. The molecule has 0 radical (unpaired) electrons. The highest BCUT2D eigenvalue weighted by molar-refractivity contribution is 7.10. The third-order valence-corrected chi connectivity index (χ3v) is 3.72. The summed E-state index contributed by atoms with van der Waals surface area (Å²) in [6, 6.07) is 2.24. The molecule has 2 heterocycles. The van der Waals surface area contributed by atoms with E-state index in [1.165, 1.54) is 18.5 Å². The van der Waals surface area contributed by atoms with E-state index in [1.54, 1.807) is 4.88 Å². The first-order chi connectivity index (χ1) is 7.40. The molecule has 3 nitrogen and oxygen atoms in total. The van der Waals surface area contributed by atoms with E-state index in [0.29, 0.717) is 13.2 Å². The van der Waals surface area contributed by atoms with E-state index < -0.39 is 0 Å². The van der Waals surface area contributed by atoms with E-state index in [-0.39, 0.29) is 0 Å². The number of nitrogens with zero attached hydrogens (tertiary/aromatic N) is 1. The minimum absolute atomic E-state index is 0.620. The SMILES string of the molecule is NCCOCCN1CCc2sccc2C1. The van der Waals surface area contributed by atoms with E-state index >= 15 is 0 Å². The highest BCUT2D eigenvalue weighted by atomic mass is 32.1. The molecule has 0 fully saturated rings. The highest BCUT2D eigenvalue weighted by Crippen LogP contribution is 2.23. The van der Waals surface area contributed by atoms with Gasteiger partial charge in [0, 0.05) is 31.1 Å². The molecule has 1 aliphatic heterocycles. The molecule has 0 atom stereocenters. The molecule has 2 N–H and O–H groups in total. The predicted molar refractivity (Wildman–Crippen MR) is 63.2 cm³/mol. The van der Waals surface area contributed by atoms with Crippen LogP contribution in [-0.2, 0) is 17.7 Å². The van der Waals surface area contributed by atoms with Crippen molar-refractivity contribution in [2.45, 2.75) is 13.0 Å². The lowest BCUT2D eigenvalue weighted by Crippen LogP contribution is -2.32. The summed E-state index contributed by atoms with van der Waals surface area (Å²) in [5.41, 5.74) is 6.86. The van der Waals surface area contributed by atoms with E-state index in [9.17, 15) is 0 Å². The van der Waals surface area contributed by atoms with Gasteiger partial charge >= 0.3 is 0 Å². The number of hydrogen-bond acceptors (Lipinski definition) is 4. The molecule has 1 aromatic rings. The second-order valence-electron chi connectivity index (χ2n) is 3.80. The first-order valence-corrected chi connectivity index (χ1v) is 6.33. The molecule has 15 heavy (non-hydrogen) atoms. The lowest BCUT2D eigenvalue weighted by molar-refractivity contribution is 0.105. The molecule has 0 unspecified atom stereocenters. The second-order valence-corrected chi connectivity index (χ2v) is 4.80.